The van der Waals surface area contributed by atoms with Gasteiger partial charge in [0.15, 0.2) is 11.0 Å². The second kappa shape index (κ2) is 7.84. The maximum atomic E-state index is 12.3. The zero-order chi connectivity index (χ0) is 18.6. The molecule has 7 heteroatoms. The van der Waals surface area contributed by atoms with E-state index in [0.717, 1.165) is 40.9 Å². The highest BCUT2D eigenvalue weighted by Crippen LogP contribution is 2.29. The topological polar surface area (TPSA) is 69.0 Å². The predicted octanol–water partition coefficient (Wildman–Crippen LogP) is 3.63. The lowest BCUT2D eigenvalue weighted by atomic mass is 10.1. The molecule has 0 radical (unpaired) electrons. The number of benzene rings is 2. The summed E-state index contributed by atoms with van der Waals surface area (Å²) in [6, 6.07) is 15.7. The monoisotopic (exact) mass is 380 g/mol. The minimum Gasteiger partial charge on any atom is -0.493 e. The Morgan fingerprint density at radius 3 is 2.89 bits per heavy atom. The second-order valence-electron chi connectivity index (χ2n) is 6.17. The summed E-state index contributed by atoms with van der Waals surface area (Å²) in [5.74, 6) is 1.87. The normalized spacial score (nSPS) is 12.5. The van der Waals surface area contributed by atoms with Gasteiger partial charge in [-0.25, -0.2) is 0 Å². The van der Waals surface area contributed by atoms with Gasteiger partial charge in [0.1, 0.15) is 5.75 Å². The molecule has 0 spiro atoms. The van der Waals surface area contributed by atoms with Crippen molar-refractivity contribution in [2.24, 2.45) is 0 Å². The number of thioether (sulfide) groups is 1. The Kier molecular flexibility index (Phi) is 5.11. The van der Waals surface area contributed by atoms with E-state index in [4.69, 9.17) is 4.74 Å². The molecule has 138 valence electrons. The summed E-state index contributed by atoms with van der Waals surface area (Å²) in [4.78, 5) is 12.3. The lowest BCUT2D eigenvalue weighted by Gasteiger charge is -2.08. The summed E-state index contributed by atoms with van der Waals surface area (Å²) in [5.41, 5.74) is 2.95. The molecule has 1 aliphatic heterocycles. The summed E-state index contributed by atoms with van der Waals surface area (Å²) in [5, 5.41) is 12.2. The molecular formula is C20H20N4O2S. The van der Waals surface area contributed by atoms with E-state index in [1.165, 1.54) is 17.3 Å². The lowest BCUT2D eigenvalue weighted by Crippen LogP contribution is -2.14. The van der Waals surface area contributed by atoms with Crippen LogP contribution in [0.25, 0.3) is 11.4 Å². The fourth-order valence-electron chi connectivity index (χ4n) is 3.05. The van der Waals surface area contributed by atoms with Crippen molar-refractivity contribution in [1.29, 1.82) is 0 Å². The Balaban J connectivity index is 1.41. The van der Waals surface area contributed by atoms with Crippen LogP contribution in [0.15, 0.2) is 53.7 Å². The number of rotatable bonds is 6. The van der Waals surface area contributed by atoms with E-state index >= 15 is 0 Å². The number of carbonyl (C=O) groups excluding carboxylic acids is 1. The summed E-state index contributed by atoms with van der Waals surface area (Å²) < 4.78 is 7.57. The van der Waals surface area contributed by atoms with Crippen LogP contribution in [-0.2, 0) is 17.8 Å². The Bertz CT molecular complexity index is 956. The number of amides is 1. The Labute approximate surface area is 162 Å². The van der Waals surface area contributed by atoms with E-state index < -0.39 is 0 Å². The van der Waals surface area contributed by atoms with Crippen LogP contribution < -0.4 is 10.1 Å². The van der Waals surface area contributed by atoms with Crippen LogP contribution >= 0.6 is 11.8 Å². The molecular weight excluding hydrogens is 360 g/mol. The number of nitrogens with zero attached hydrogens (tertiary/aromatic N) is 3. The third kappa shape index (κ3) is 3.83. The molecule has 1 N–H and O–H groups in total. The van der Waals surface area contributed by atoms with Gasteiger partial charge in [-0.3, -0.25) is 4.79 Å². The Morgan fingerprint density at radius 1 is 1.22 bits per heavy atom. The average Bonchev–Trinajstić information content (AvgIpc) is 3.33. The van der Waals surface area contributed by atoms with Crippen LogP contribution in [0.4, 0.5) is 5.69 Å². The fraction of sp³-hybridized carbons (Fsp3) is 0.250. The molecule has 6 nitrogen and oxygen atoms in total. The Hall–Kier alpha value is -2.80. The molecule has 0 atom stereocenters. The van der Waals surface area contributed by atoms with Crippen LogP contribution in [0.1, 0.15) is 12.5 Å². The van der Waals surface area contributed by atoms with Crippen LogP contribution in [0.2, 0.25) is 0 Å². The molecule has 0 aliphatic carbocycles. The SMILES string of the molecule is CCn1c(SCC(=O)Nc2ccc3c(c2)OCC3)nnc1-c1ccccc1. The van der Waals surface area contributed by atoms with Crippen molar-refractivity contribution in [3.05, 3.63) is 54.1 Å². The van der Waals surface area contributed by atoms with E-state index in [1.54, 1.807) is 0 Å². The number of aromatic nitrogens is 3. The first-order valence-corrected chi connectivity index (χ1v) is 9.90. The Morgan fingerprint density at radius 2 is 2.07 bits per heavy atom. The zero-order valence-electron chi connectivity index (χ0n) is 15.0. The van der Waals surface area contributed by atoms with Crippen LogP contribution in [0, 0.1) is 0 Å². The summed E-state index contributed by atoms with van der Waals surface area (Å²) >= 11 is 1.39. The molecule has 0 bridgehead atoms. The molecule has 0 saturated carbocycles. The fourth-order valence-corrected chi connectivity index (χ4v) is 3.85. The standard InChI is InChI=1S/C20H20N4O2S/c1-2-24-19(15-6-4-3-5-7-15)22-23-20(24)27-13-18(25)21-16-9-8-14-10-11-26-17(14)12-16/h3-9,12H,2,10-11,13H2,1H3,(H,21,25). The lowest BCUT2D eigenvalue weighted by molar-refractivity contribution is -0.113. The van der Waals surface area contributed by atoms with Crippen molar-refractivity contribution < 1.29 is 9.53 Å². The first-order chi connectivity index (χ1) is 13.2. The first-order valence-electron chi connectivity index (χ1n) is 8.91. The summed E-state index contributed by atoms with van der Waals surface area (Å²) in [6.45, 7) is 3.49. The number of ether oxygens (including phenoxy) is 1. The minimum atomic E-state index is -0.0788. The van der Waals surface area contributed by atoms with Gasteiger partial charge in [0.2, 0.25) is 5.91 Å². The third-order valence-electron chi connectivity index (χ3n) is 4.38. The highest BCUT2D eigenvalue weighted by Gasteiger charge is 2.16. The van der Waals surface area contributed by atoms with Gasteiger partial charge in [-0.1, -0.05) is 48.2 Å². The number of fused-ring (bicyclic) bond motifs is 1. The van der Waals surface area contributed by atoms with Gasteiger partial charge in [-0.2, -0.15) is 0 Å². The number of hydrogen-bond acceptors (Lipinski definition) is 5. The van der Waals surface area contributed by atoms with E-state index in [0.29, 0.717) is 6.61 Å². The molecule has 2 aromatic carbocycles. The van der Waals surface area contributed by atoms with E-state index in [2.05, 4.69) is 15.5 Å². The van der Waals surface area contributed by atoms with E-state index in [1.807, 2.05) is 60.0 Å². The summed E-state index contributed by atoms with van der Waals surface area (Å²) in [6.07, 6.45) is 0.926. The predicted molar refractivity (Wildman–Crippen MR) is 106 cm³/mol. The van der Waals surface area contributed by atoms with E-state index in [-0.39, 0.29) is 11.7 Å². The molecule has 3 aromatic rings. The summed E-state index contributed by atoms with van der Waals surface area (Å²) in [7, 11) is 0. The molecule has 2 heterocycles. The third-order valence-corrected chi connectivity index (χ3v) is 5.34. The average molecular weight is 380 g/mol. The maximum absolute atomic E-state index is 12.3. The van der Waals surface area contributed by atoms with Gasteiger partial charge >= 0.3 is 0 Å². The quantitative estimate of drug-likeness (QED) is 0.662. The number of anilines is 1. The minimum absolute atomic E-state index is 0.0788. The van der Waals surface area contributed by atoms with Crippen molar-refractivity contribution in [3.8, 4) is 17.1 Å². The maximum Gasteiger partial charge on any atom is 0.234 e. The molecule has 27 heavy (non-hydrogen) atoms. The van der Waals surface area contributed by atoms with Crippen LogP contribution in [0.5, 0.6) is 5.75 Å². The van der Waals surface area contributed by atoms with Gasteiger partial charge in [-0.15, -0.1) is 10.2 Å². The van der Waals surface area contributed by atoms with Crippen LogP contribution in [-0.4, -0.2) is 33.0 Å². The van der Waals surface area contributed by atoms with E-state index in [9.17, 15) is 4.79 Å². The van der Waals surface area contributed by atoms with Crippen LogP contribution in [0.3, 0.4) is 0 Å². The number of nitrogens with one attached hydrogen (secondary N) is 1. The zero-order valence-corrected chi connectivity index (χ0v) is 15.8. The van der Waals surface area contributed by atoms with Crippen molar-refractivity contribution in [3.63, 3.8) is 0 Å². The smallest absolute Gasteiger partial charge is 0.234 e. The second-order valence-corrected chi connectivity index (χ2v) is 7.12. The van der Waals surface area contributed by atoms with Crippen molar-refractivity contribution in [2.75, 3.05) is 17.7 Å². The number of hydrogen-bond donors (Lipinski definition) is 1. The largest absolute Gasteiger partial charge is 0.493 e. The van der Waals surface area contributed by atoms with Gasteiger partial charge in [0.05, 0.1) is 12.4 Å². The van der Waals surface area contributed by atoms with Crippen molar-refractivity contribution in [2.45, 2.75) is 25.0 Å². The van der Waals surface area contributed by atoms with Gasteiger partial charge < -0.3 is 14.6 Å². The van der Waals surface area contributed by atoms with Crippen molar-refractivity contribution >= 4 is 23.4 Å². The van der Waals surface area contributed by atoms with Gasteiger partial charge in [-0.05, 0) is 18.6 Å². The highest BCUT2D eigenvalue weighted by atomic mass is 32.2. The first kappa shape index (κ1) is 17.6. The number of carbonyl (C=O) groups is 1. The molecule has 1 aliphatic rings. The van der Waals surface area contributed by atoms with Crippen molar-refractivity contribution in [1.82, 2.24) is 14.8 Å². The molecule has 4 rings (SSSR count). The molecule has 1 aromatic heterocycles. The highest BCUT2D eigenvalue weighted by molar-refractivity contribution is 7.99. The molecule has 0 unspecified atom stereocenters. The molecule has 0 saturated heterocycles. The van der Waals surface area contributed by atoms with Gasteiger partial charge in [0, 0.05) is 30.3 Å². The van der Waals surface area contributed by atoms with Gasteiger partial charge in [0.25, 0.3) is 0 Å². The molecule has 0 fully saturated rings. The molecule has 1 amide bonds.